The van der Waals surface area contributed by atoms with Crippen LogP contribution in [0.5, 0.6) is 5.75 Å². The number of rotatable bonds is 8. The average molecular weight is 247 g/mol. The maximum atomic E-state index is 11.8. The second-order valence-corrected chi connectivity index (χ2v) is 4.37. The first-order chi connectivity index (χ1) is 8.63. The summed E-state index contributed by atoms with van der Waals surface area (Å²) in [6.07, 6.45) is 1.03. The van der Waals surface area contributed by atoms with E-state index in [1.807, 2.05) is 19.1 Å². The molecule has 98 valence electrons. The van der Waals surface area contributed by atoms with Gasteiger partial charge >= 0.3 is 0 Å². The predicted molar refractivity (Wildman–Crippen MR) is 74.2 cm³/mol. The lowest BCUT2D eigenvalue weighted by atomic mass is 10.1. The number of carbonyl (C=O) groups is 1. The third-order valence-corrected chi connectivity index (χ3v) is 2.37. The van der Waals surface area contributed by atoms with Gasteiger partial charge in [-0.15, -0.1) is 0 Å². The highest BCUT2D eigenvalue weighted by Crippen LogP contribution is 2.13. The summed E-state index contributed by atoms with van der Waals surface area (Å²) in [6, 6.07) is 7.22. The summed E-state index contributed by atoms with van der Waals surface area (Å²) in [6.45, 7) is 9.52. The highest BCUT2D eigenvalue weighted by atomic mass is 16.5. The van der Waals surface area contributed by atoms with E-state index in [9.17, 15) is 4.79 Å². The van der Waals surface area contributed by atoms with Crippen molar-refractivity contribution in [1.82, 2.24) is 5.32 Å². The number of benzene rings is 1. The molecule has 18 heavy (non-hydrogen) atoms. The van der Waals surface area contributed by atoms with Gasteiger partial charge in [0.15, 0.2) is 5.78 Å². The molecule has 0 fully saturated rings. The van der Waals surface area contributed by atoms with Gasteiger partial charge in [0.1, 0.15) is 12.4 Å². The Morgan fingerprint density at radius 1 is 1.33 bits per heavy atom. The van der Waals surface area contributed by atoms with Gasteiger partial charge in [-0.05, 0) is 49.7 Å². The van der Waals surface area contributed by atoms with Crippen LogP contribution in [0.4, 0.5) is 0 Å². The van der Waals surface area contributed by atoms with Gasteiger partial charge in [0.25, 0.3) is 0 Å². The van der Waals surface area contributed by atoms with Crippen LogP contribution in [0.3, 0.4) is 0 Å². The van der Waals surface area contributed by atoms with Gasteiger partial charge in [-0.3, -0.25) is 4.79 Å². The number of ketones is 1. The van der Waals surface area contributed by atoms with Gasteiger partial charge in [0.2, 0.25) is 0 Å². The molecule has 0 aliphatic heterocycles. The summed E-state index contributed by atoms with van der Waals surface area (Å²) in [5.74, 6) is 0.867. The van der Waals surface area contributed by atoms with Crippen molar-refractivity contribution in [3.63, 3.8) is 0 Å². The maximum Gasteiger partial charge on any atom is 0.176 e. The van der Waals surface area contributed by atoms with Crippen molar-refractivity contribution in [3.8, 4) is 5.75 Å². The molecule has 0 saturated heterocycles. The maximum absolute atomic E-state index is 11.8. The van der Waals surface area contributed by atoms with Crippen LogP contribution >= 0.6 is 0 Å². The molecule has 0 aliphatic rings. The van der Waals surface area contributed by atoms with Crippen molar-refractivity contribution in [2.24, 2.45) is 0 Å². The molecule has 3 nitrogen and oxygen atoms in total. The van der Waals surface area contributed by atoms with Gasteiger partial charge in [-0.2, -0.15) is 0 Å². The average Bonchev–Trinajstić information content (AvgIpc) is 2.37. The molecular weight excluding hydrogens is 226 g/mol. The topological polar surface area (TPSA) is 38.3 Å². The summed E-state index contributed by atoms with van der Waals surface area (Å²) in [4.78, 5) is 11.8. The van der Waals surface area contributed by atoms with Crippen LogP contribution in [0.25, 0.3) is 0 Å². The summed E-state index contributed by atoms with van der Waals surface area (Å²) in [7, 11) is 0. The normalized spacial score (nSPS) is 10.1. The van der Waals surface area contributed by atoms with E-state index in [1.54, 1.807) is 12.1 Å². The van der Waals surface area contributed by atoms with Crippen molar-refractivity contribution in [2.75, 3.05) is 19.7 Å². The highest BCUT2D eigenvalue weighted by Gasteiger charge is 2.05. The largest absolute Gasteiger partial charge is 0.489 e. The monoisotopic (exact) mass is 247 g/mol. The van der Waals surface area contributed by atoms with E-state index in [4.69, 9.17) is 4.74 Å². The fourth-order valence-corrected chi connectivity index (χ4v) is 1.42. The molecule has 1 rings (SSSR count). The molecule has 1 aromatic carbocycles. The molecule has 0 radical (unpaired) electrons. The smallest absolute Gasteiger partial charge is 0.176 e. The van der Waals surface area contributed by atoms with Crippen molar-refractivity contribution in [2.45, 2.75) is 20.3 Å². The molecule has 0 atom stereocenters. The van der Waals surface area contributed by atoms with E-state index >= 15 is 0 Å². The number of hydrogen-bond acceptors (Lipinski definition) is 3. The first kappa shape index (κ1) is 14.5. The minimum atomic E-state index is 0.106. The van der Waals surface area contributed by atoms with Crippen molar-refractivity contribution >= 4 is 5.78 Å². The number of carbonyl (C=O) groups excluding carboxylic acids is 1. The Balaban J connectivity index is 2.48. The van der Waals surface area contributed by atoms with E-state index in [1.165, 1.54) is 0 Å². The molecule has 0 aliphatic carbocycles. The lowest BCUT2D eigenvalue weighted by Gasteiger charge is -2.07. The quantitative estimate of drug-likeness (QED) is 0.436. The van der Waals surface area contributed by atoms with Crippen LogP contribution in [0.15, 0.2) is 36.4 Å². The number of Topliss-reactive ketones (excluding diaryl/α,β-unsaturated/α-hetero) is 1. The summed E-state index contributed by atoms with van der Waals surface area (Å²) in [5.41, 5.74) is 1.68. The number of hydrogen-bond donors (Lipinski definition) is 1. The highest BCUT2D eigenvalue weighted by molar-refractivity contribution is 5.97. The van der Waals surface area contributed by atoms with Crippen molar-refractivity contribution in [1.29, 1.82) is 0 Å². The zero-order valence-electron chi connectivity index (χ0n) is 11.2. The molecule has 1 N–H and O–H groups in total. The number of nitrogens with one attached hydrogen (secondary N) is 1. The fraction of sp³-hybridized carbons (Fsp3) is 0.400. The van der Waals surface area contributed by atoms with E-state index in [2.05, 4.69) is 18.8 Å². The Kier molecular flexibility index (Phi) is 6.15. The van der Waals surface area contributed by atoms with E-state index in [0.717, 1.165) is 24.3 Å². The molecular formula is C15H21NO2. The summed E-state index contributed by atoms with van der Waals surface area (Å²) >= 11 is 0. The Bertz CT molecular complexity index is 395. The van der Waals surface area contributed by atoms with Gasteiger partial charge in [-0.25, -0.2) is 0 Å². The minimum Gasteiger partial charge on any atom is -0.489 e. The Morgan fingerprint density at radius 2 is 2.00 bits per heavy atom. The van der Waals surface area contributed by atoms with E-state index in [0.29, 0.717) is 18.7 Å². The minimum absolute atomic E-state index is 0.106. The molecule has 0 spiro atoms. The predicted octanol–water partition coefficient (Wildman–Crippen LogP) is 2.82. The standard InChI is InChI=1S/C15H21NO2/c1-4-9-16-10-15(17)13-5-7-14(8-6-13)18-11-12(2)3/h5-8,16H,2,4,9-11H2,1,3H3. The zero-order valence-corrected chi connectivity index (χ0v) is 11.2. The first-order valence-electron chi connectivity index (χ1n) is 6.24. The fourth-order valence-electron chi connectivity index (χ4n) is 1.42. The van der Waals surface area contributed by atoms with Crippen molar-refractivity contribution < 1.29 is 9.53 Å². The van der Waals surface area contributed by atoms with Gasteiger partial charge in [0.05, 0.1) is 6.54 Å². The summed E-state index contributed by atoms with van der Waals surface area (Å²) in [5, 5.41) is 3.10. The second-order valence-electron chi connectivity index (χ2n) is 4.37. The summed E-state index contributed by atoms with van der Waals surface area (Å²) < 4.78 is 5.47. The van der Waals surface area contributed by atoms with Crippen LogP contribution in [0.2, 0.25) is 0 Å². The Morgan fingerprint density at radius 3 is 2.56 bits per heavy atom. The molecule has 0 aromatic heterocycles. The second kappa shape index (κ2) is 7.67. The Hall–Kier alpha value is -1.61. The zero-order chi connectivity index (χ0) is 13.4. The molecule has 0 bridgehead atoms. The van der Waals surface area contributed by atoms with Crippen molar-refractivity contribution in [3.05, 3.63) is 42.0 Å². The molecule has 3 heteroatoms. The van der Waals surface area contributed by atoms with Crippen LogP contribution in [-0.2, 0) is 0 Å². The molecule has 0 saturated carbocycles. The number of ether oxygens (including phenoxy) is 1. The molecule has 0 heterocycles. The van der Waals surface area contributed by atoms with Crippen LogP contribution < -0.4 is 10.1 Å². The van der Waals surface area contributed by atoms with Crippen LogP contribution in [0.1, 0.15) is 30.6 Å². The van der Waals surface area contributed by atoms with Gasteiger partial charge in [0, 0.05) is 5.56 Å². The molecule has 1 aromatic rings. The molecule has 0 amide bonds. The van der Waals surface area contributed by atoms with Crippen LogP contribution in [-0.4, -0.2) is 25.5 Å². The van der Waals surface area contributed by atoms with Gasteiger partial charge < -0.3 is 10.1 Å². The first-order valence-corrected chi connectivity index (χ1v) is 6.24. The van der Waals surface area contributed by atoms with Crippen LogP contribution in [0, 0.1) is 0 Å². The lowest BCUT2D eigenvalue weighted by molar-refractivity contribution is 0.0991. The SMILES string of the molecule is C=C(C)COc1ccc(C(=O)CNCCC)cc1. The third kappa shape index (κ3) is 5.15. The van der Waals surface area contributed by atoms with Gasteiger partial charge in [-0.1, -0.05) is 13.5 Å². The third-order valence-electron chi connectivity index (χ3n) is 2.37. The van der Waals surface area contributed by atoms with E-state index in [-0.39, 0.29) is 5.78 Å². The Labute approximate surface area is 109 Å². The lowest BCUT2D eigenvalue weighted by Crippen LogP contribution is -2.23. The molecule has 0 unspecified atom stereocenters. The van der Waals surface area contributed by atoms with E-state index < -0.39 is 0 Å².